The molecule has 18 heavy (non-hydrogen) atoms. The normalized spacial score (nSPS) is 12.4. The topological polar surface area (TPSA) is 33.1 Å². The van der Waals surface area contributed by atoms with Gasteiger partial charge in [0, 0.05) is 18.8 Å². The van der Waals surface area contributed by atoms with Crippen molar-refractivity contribution in [3.63, 3.8) is 0 Å². The molecule has 0 fully saturated rings. The lowest BCUT2D eigenvalue weighted by Crippen LogP contribution is -2.06. The number of rotatable bonds is 3. The van der Waals surface area contributed by atoms with Gasteiger partial charge in [0.1, 0.15) is 0 Å². The van der Waals surface area contributed by atoms with Crippen molar-refractivity contribution in [1.82, 2.24) is 4.98 Å². The maximum Gasteiger partial charge on any atom is 0.0834 e. The molecule has 0 radical (unpaired) electrons. The van der Waals surface area contributed by atoms with E-state index in [0.717, 1.165) is 11.1 Å². The van der Waals surface area contributed by atoms with Crippen LogP contribution in [-0.2, 0) is 6.42 Å². The third kappa shape index (κ3) is 2.59. The molecule has 0 spiro atoms. The molecule has 2 aromatic rings. The van der Waals surface area contributed by atoms with Crippen molar-refractivity contribution in [3.8, 4) is 0 Å². The number of aliphatic hydroxyl groups excluding tert-OH is 1. The van der Waals surface area contributed by atoms with E-state index in [4.69, 9.17) is 0 Å². The summed E-state index contributed by atoms with van der Waals surface area (Å²) in [6.07, 6.45) is 3.72. The lowest BCUT2D eigenvalue weighted by Gasteiger charge is -2.16. The first-order valence-corrected chi connectivity index (χ1v) is 6.23. The van der Waals surface area contributed by atoms with Crippen molar-refractivity contribution in [2.24, 2.45) is 0 Å². The third-order valence-corrected chi connectivity index (χ3v) is 3.46. The standard InChI is InChI=1S/C16H19NO/c1-11-5-4-6-12(2)15(11)9-16(18)14-7-8-17-10-13(14)3/h4-8,10,16,18H,9H2,1-3H3. The van der Waals surface area contributed by atoms with Gasteiger partial charge >= 0.3 is 0 Å². The monoisotopic (exact) mass is 241 g/mol. The van der Waals surface area contributed by atoms with E-state index in [2.05, 4.69) is 37.0 Å². The Bertz CT molecular complexity index is 528. The SMILES string of the molecule is Cc1cnccc1C(O)Cc1c(C)cccc1C. The van der Waals surface area contributed by atoms with Crippen molar-refractivity contribution in [2.45, 2.75) is 33.3 Å². The van der Waals surface area contributed by atoms with Crippen LogP contribution in [0.3, 0.4) is 0 Å². The van der Waals surface area contributed by atoms with Gasteiger partial charge in [0.25, 0.3) is 0 Å². The van der Waals surface area contributed by atoms with E-state index in [1.807, 2.05) is 13.0 Å². The number of nitrogens with zero attached hydrogens (tertiary/aromatic N) is 1. The van der Waals surface area contributed by atoms with E-state index >= 15 is 0 Å². The molecule has 1 heterocycles. The van der Waals surface area contributed by atoms with Crippen LogP contribution in [0.1, 0.15) is 33.9 Å². The van der Waals surface area contributed by atoms with Gasteiger partial charge in [-0.15, -0.1) is 0 Å². The number of hydrogen-bond donors (Lipinski definition) is 1. The highest BCUT2D eigenvalue weighted by molar-refractivity contribution is 5.35. The molecule has 0 aliphatic rings. The predicted molar refractivity (Wildman–Crippen MR) is 73.6 cm³/mol. The van der Waals surface area contributed by atoms with Crippen LogP contribution < -0.4 is 0 Å². The van der Waals surface area contributed by atoms with Gasteiger partial charge in [-0.25, -0.2) is 0 Å². The molecule has 0 aliphatic heterocycles. The van der Waals surface area contributed by atoms with Crippen molar-refractivity contribution >= 4 is 0 Å². The van der Waals surface area contributed by atoms with Gasteiger partial charge < -0.3 is 5.11 Å². The molecule has 0 bridgehead atoms. The molecule has 1 atom stereocenters. The second kappa shape index (κ2) is 5.32. The fourth-order valence-electron chi connectivity index (χ4n) is 2.33. The summed E-state index contributed by atoms with van der Waals surface area (Å²) in [6, 6.07) is 8.13. The summed E-state index contributed by atoms with van der Waals surface area (Å²) in [4.78, 5) is 4.06. The van der Waals surface area contributed by atoms with E-state index in [1.54, 1.807) is 12.4 Å². The highest BCUT2D eigenvalue weighted by atomic mass is 16.3. The number of aryl methyl sites for hydroxylation is 3. The Hall–Kier alpha value is -1.67. The first-order chi connectivity index (χ1) is 8.59. The van der Waals surface area contributed by atoms with Gasteiger partial charge in [-0.2, -0.15) is 0 Å². The Labute approximate surface area is 108 Å². The largest absolute Gasteiger partial charge is 0.388 e. The molecule has 2 heteroatoms. The van der Waals surface area contributed by atoms with Gasteiger partial charge in [-0.05, 0) is 54.7 Å². The van der Waals surface area contributed by atoms with E-state index in [1.165, 1.54) is 16.7 Å². The molecule has 0 amide bonds. The van der Waals surface area contributed by atoms with Crippen LogP contribution >= 0.6 is 0 Å². The maximum absolute atomic E-state index is 10.4. The van der Waals surface area contributed by atoms with Crippen LogP contribution in [0.15, 0.2) is 36.7 Å². The summed E-state index contributed by atoms with van der Waals surface area (Å²) in [7, 11) is 0. The maximum atomic E-state index is 10.4. The van der Waals surface area contributed by atoms with E-state index in [9.17, 15) is 5.11 Å². The predicted octanol–water partition coefficient (Wildman–Crippen LogP) is 3.28. The highest BCUT2D eigenvalue weighted by Gasteiger charge is 2.13. The Morgan fingerprint density at radius 2 is 1.72 bits per heavy atom. The van der Waals surface area contributed by atoms with Crippen molar-refractivity contribution in [1.29, 1.82) is 0 Å². The molecule has 1 aromatic carbocycles. The molecular weight excluding hydrogens is 222 g/mol. The lowest BCUT2D eigenvalue weighted by atomic mass is 9.93. The summed E-state index contributed by atoms with van der Waals surface area (Å²) in [5.41, 5.74) is 5.71. The summed E-state index contributed by atoms with van der Waals surface area (Å²) < 4.78 is 0. The van der Waals surface area contributed by atoms with Gasteiger partial charge in [-0.3, -0.25) is 4.98 Å². The molecule has 0 aliphatic carbocycles. The minimum Gasteiger partial charge on any atom is -0.388 e. The summed E-state index contributed by atoms with van der Waals surface area (Å²) in [5, 5.41) is 10.4. The van der Waals surface area contributed by atoms with Crippen LogP contribution in [0.25, 0.3) is 0 Å². The molecule has 2 nitrogen and oxygen atoms in total. The van der Waals surface area contributed by atoms with Crippen LogP contribution in [0.5, 0.6) is 0 Å². The van der Waals surface area contributed by atoms with E-state index < -0.39 is 6.10 Å². The quantitative estimate of drug-likeness (QED) is 0.894. The van der Waals surface area contributed by atoms with Gasteiger partial charge in [-0.1, -0.05) is 18.2 Å². The Morgan fingerprint density at radius 1 is 1.06 bits per heavy atom. The summed E-state index contributed by atoms with van der Waals surface area (Å²) in [6.45, 7) is 6.17. The van der Waals surface area contributed by atoms with E-state index in [0.29, 0.717) is 6.42 Å². The van der Waals surface area contributed by atoms with Crippen LogP contribution in [0.2, 0.25) is 0 Å². The van der Waals surface area contributed by atoms with Gasteiger partial charge in [0.05, 0.1) is 6.10 Å². The second-order valence-electron chi connectivity index (χ2n) is 4.82. The minimum absolute atomic E-state index is 0.465. The fraction of sp³-hybridized carbons (Fsp3) is 0.312. The van der Waals surface area contributed by atoms with Crippen molar-refractivity contribution in [2.75, 3.05) is 0 Å². The van der Waals surface area contributed by atoms with Gasteiger partial charge in [0.15, 0.2) is 0 Å². The zero-order valence-corrected chi connectivity index (χ0v) is 11.1. The average Bonchev–Trinajstić information content (AvgIpc) is 2.34. The zero-order valence-electron chi connectivity index (χ0n) is 11.1. The number of pyridine rings is 1. The fourth-order valence-corrected chi connectivity index (χ4v) is 2.33. The zero-order chi connectivity index (χ0) is 13.1. The first-order valence-electron chi connectivity index (χ1n) is 6.23. The second-order valence-corrected chi connectivity index (χ2v) is 4.82. The summed E-state index contributed by atoms with van der Waals surface area (Å²) in [5.74, 6) is 0. The number of hydrogen-bond acceptors (Lipinski definition) is 2. The van der Waals surface area contributed by atoms with Crippen LogP contribution in [-0.4, -0.2) is 10.1 Å². The van der Waals surface area contributed by atoms with Crippen LogP contribution in [0, 0.1) is 20.8 Å². The number of benzene rings is 1. The van der Waals surface area contributed by atoms with Gasteiger partial charge in [0.2, 0.25) is 0 Å². The van der Waals surface area contributed by atoms with Crippen molar-refractivity contribution in [3.05, 3.63) is 64.5 Å². The van der Waals surface area contributed by atoms with Crippen molar-refractivity contribution < 1.29 is 5.11 Å². The molecular formula is C16H19NO. The first kappa shape index (κ1) is 12.8. The molecule has 0 saturated carbocycles. The highest BCUT2D eigenvalue weighted by Crippen LogP contribution is 2.24. The molecule has 0 saturated heterocycles. The smallest absolute Gasteiger partial charge is 0.0834 e. The molecule has 1 N–H and O–H groups in total. The Kier molecular flexibility index (Phi) is 3.78. The molecule has 2 rings (SSSR count). The molecule has 1 aromatic heterocycles. The molecule has 94 valence electrons. The lowest BCUT2D eigenvalue weighted by molar-refractivity contribution is 0.177. The Morgan fingerprint density at radius 3 is 2.33 bits per heavy atom. The minimum atomic E-state index is -0.465. The number of aromatic nitrogens is 1. The summed E-state index contributed by atoms with van der Waals surface area (Å²) >= 11 is 0. The third-order valence-electron chi connectivity index (χ3n) is 3.46. The van der Waals surface area contributed by atoms with E-state index in [-0.39, 0.29) is 0 Å². The van der Waals surface area contributed by atoms with Crippen LogP contribution in [0.4, 0.5) is 0 Å². The molecule has 1 unspecified atom stereocenters. The number of aliphatic hydroxyl groups is 1. The Balaban J connectivity index is 2.27. The average molecular weight is 241 g/mol.